The van der Waals surface area contributed by atoms with Gasteiger partial charge in [-0.15, -0.1) is 0 Å². The number of rotatable bonds is 5. The van der Waals surface area contributed by atoms with Gasteiger partial charge < -0.3 is 20.3 Å². The molecular weight excluding hydrogens is 346 g/mol. The number of nitrogens with zero attached hydrogens (tertiary/aromatic N) is 1. The van der Waals surface area contributed by atoms with Crippen LogP contribution in [-0.2, 0) is 6.54 Å². The summed E-state index contributed by atoms with van der Waals surface area (Å²) in [6, 6.07) is 17.4. The number of aliphatic hydroxyl groups is 1. The van der Waals surface area contributed by atoms with E-state index in [1.165, 1.54) is 0 Å². The number of aliphatic hydroxyl groups excluding tert-OH is 1. The maximum absolute atomic E-state index is 12.5. The zero-order chi connectivity index (χ0) is 18.5. The van der Waals surface area contributed by atoms with Gasteiger partial charge in [0, 0.05) is 23.3 Å². The average Bonchev–Trinajstić information content (AvgIpc) is 2.62. The molecule has 0 unspecified atom stereocenters. The molecule has 3 aromatic rings. The van der Waals surface area contributed by atoms with E-state index in [1.54, 1.807) is 4.90 Å². The molecule has 0 saturated carbocycles. The number of anilines is 1. The highest BCUT2D eigenvalue weighted by atomic mass is 32.1. The molecule has 1 heterocycles. The van der Waals surface area contributed by atoms with Gasteiger partial charge >= 0.3 is 0 Å². The Kier molecular flexibility index (Phi) is 5.65. The SMILES string of the molecule is Cc1ccc2cc(CN(CCO)C(=S)Nc3ccccc3)c(=O)[nH]c2c1. The number of nitrogens with one attached hydrogen (secondary N) is 2. The molecule has 0 atom stereocenters. The lowest BCUT2D eigenvalue weighted by molar-refractivity contribution is 0.248. The zero-order valence-corrected chi connectivity index (χ0v) is 15.3. The lowest BCUT2D eigenvalue weighted by Crippen LogP contribution is -2.37. The normalized spacial score (nSPS) is 10.7. The fraction of sp³-hybridized carbons (Fsp3) is 0.200. The van der Waals surface area contributed by atoms with Crippen molar-refractivity contribution in [2.75, 3.05) is 18.5 Å². The van der Waals surface area contributed by atoms with Crippen LogP contribution in [0.25, 0.3) is 10.9 Å². The van der Waals surface area contributed by atoms with Gasteiger partial charge in [0.15, 0.2) is 5.11 Å². The molecule has 26 heavy (non-hydrogen) atoms. The molecule has 5 nitrogen and oxygen atoms in total. The van der Waals surface area contributed by atoms with Crippen molar-refractivity contribution in [1.29, 1.82) is 0 Å². The summed E-state index contributed by atoms with van der Waals surface area (Å²) in [5, 5.41) is 14.0. The van der Waals surface area contributed by atoms with Gasteiger partial charge in [-0.05, 0) is 54.4 Å². The number of aromatic nitrogens is 1. The lowest BCUT2D eigenvalue weighted by Gasteiger charge is -2.25. The van der Waals surface area contributed by atoms with E-state index in [0.29, 0.717) is 23.8 Å². The van der Waals surface area contributed by atoms with Crippen LogP contribution in [0.15, 0.2) is 59.4 Å². The molecule has 134 valence electrons. The van der Waals surface area contributed by atoms with Gasteiger partial charge in [-0.1, -0.05) is 30.3 Å². The minimum absolute atomic E-state index is 0.0543. The molecule has 0 aliphatic heterocycles. The quantitative estimate of drug-likeness (QED) is 0.605. The summed E-state index contributed by atoms with van der Waals surface area (Å²) < 4.78 is 0. The second-order valence-corrected chi connectivity index (χ2v) is 6.54. The number of para-hydroxylation sites is 1. The smallest absolute Gasteiger partial charge is 0.253 e. The van der Waals surface area contributed by atoms with E-state index in [-0.39, 0.29) is 12.2 Å². The van der Waals surface area contributed by atoms with Gasteiger partial charge in [-0.3, -0.25) is 4.79 Å². The number of hydrogen-bond acceptors (Lipinski definition) is 3. The first-order valence-electron chi connectivity index (χ1n) is 8.41. The first-order valence-corrected chi connectivity index (χ1v) is 8.82. The predicted molar refractivity (Wildman–Crippen MR) is 109 cm³/mol. The van der Waals surface area contributed by atoms with E-state index in [9.17, 15) is 9.90 Å². The van der Waals surface area contributed by atoms with Gasteiger partial charge in [0.05, 0.1) is 13.2 Å². The van der Waals surface area contributed by atoms with Crippen molar-refractivity contribution in [3.8, 4) is 0 Å². The van der Waals surface area contributed by atoms with Crippen molar-refractivity contribution < 1.29 is 5.11 Å². The van der Waals surface area contributed by atoms with E-state index in [0.717, 1.165) is 22.2 Å². The van der Waals surface area contributed by atoms with Gasteiger partial charge in [-0.25, -0.2) is 0 Å². The molecule has 3 N–H and O–H groups in total. The number of pyridine rings is 1. The minimum atomic E-state index is -0.145. The first kappa shape index (κ1) is 18.1. The van der Waals surface area contributed by atoms with Gasteiger partial charge in [0.25, 0.3) is 5.56 Å². The van der Waals surface area contributed by atoms with Crippen molar-refractivity contribution in [1.82, 2.24) is 9.88 Å². The molecule has 0 spiro atoms. The van der Waals surface area contributed by atoms with Crippen molar-refractivity contribution in [2.24, 2.45) is 0 Å². The monoisotopic (exact) mass is 367 g/mol. The molecule has 0 amide bonds. The van der Waals surface area contributed by atoms with Crippen LogP contribution in [-0.4, -0.2) is 33.3 Å². The summed E-state index contributed by atoms with van der Waals surface area (Å²) in [6.45, 7) is 2.59. The van der Waals surface area contributed by atoms with E-state index in [1.807, 2.05) is 61.5 Å². The van der Waals surface area contributed by atoms with Crippen LogP contribution in [0.1, 0.15) is 11.1 Å². The molecular formula is C20H21N3O2S. The summed E-state index contributed by atoms with van der Waals surface area (Å²) in [6.07, 6.45) is 0. The van der Waals surface area contributed by atoms with E-state index in [2.05, 4.69) is 10.3 Å². The number of hydrogen-bond donors (Lipinski definition) is 3. The summed E-state index contributed by atoms with van der Waals surface area (Å²) in [5.74, 6) is 0. The van der Waals surface area contributed by atoms with Gasteiger partial charge in [0.1, 0.15) is 0 Å². The Morgan fingerprint density at radius 1 is 1.19 bits per heavy atom. The van der Waals surface area contributed by atoms with Crippen LogP contribution in [0, 0.1) is 6.92 Å². The molecule has 0 aliphatic rings. The molecule has 0 saturated heterocycles. The number of fused-ring (bicyclic) bond motifs is 1. The van der Waals surface area contributed by atoms with Crippen LogP contribution in [0.3, 0.4) is 0 Å². The third kappa shape index (κ3) is 4.28. The highest BCUT2D eigenvalue weighted by molar-refractivity contribution is 7.80. The number of aryl methyl sites for hydroxylation is 1. The van der Waals surface area contributed by atoms with Crippen LogP contribution in [0.2, 0.25) is 0 Å². The Hall–Kier alpha value is -2.70. The van der Waals surface area contributed by atoms with Crippen LogP contribution < -0.4 is 10.9 Å². The molecule has 0 fully saturated rings. The number of aromatic amines is 1. The predicted octanol–water partition coefficient (Wildman–Crippen LogP) is 3.03. The summed E-state index contributed by atoms with van der Waals surface area (Å²) in [4.78, 5) is 17.2. The van der Waals surface area contributed by atoms with Crippen molar-refractivity contribution in [3.63, 3.8) is 0 Å². The zero-order valence-electron chi connectivity index (χ0n) is 14.5. The van der Waals surface area contributed by atoms with E-state index in [4.69, 9.17) is 12.2 Å². The molecule has 6 heteroatoms. The third-order valence-electron chi connectivity index (χ3n) is 4.12. The topological polar surface area (TPSA) is 68.4 Å². The Labute approximate surface area is 157 Å². The van der Waals surface area contributed by atoms with Gasteiger partial charge in [0.2, 0.25) is 0 Å². The minimum Gasteiger partial charge on any atom is -0.395 e. The summed E-state index contributed by atoms with van der Waals surface area (Å²) >= 11 is 5.47. The second-order valence-electron chi connectivity index (χ2n) is 6.16. The second kappa shape index (κ2) is 8.12. The molecule has 0 bridgehead atoms. The third-order valence-corrected chi connectivity index (χ3v) is 4.48. The van der Waals surface area contributed by atoms with Crippen molar-refractivity contribution in [3.05, 3.63) is 76.1 Å². The van der Waals surface area contributed by atoms with Gasteiger partial charge in [-0.2, -0.15) is 0 Å². The maximum Gasteiger partial charge on any atom is 0.253 e. The van der Waals surface area contributed by atoms with E-state index >= 15 is 0 Å². The van der Waals surface area contributed by atoms with Crippen molar-refractivity contribution >= 4 is 33.9 Å². The molecule has 0 radical (unpaired) electrons. The highest BCUT2D eigenvalue weighted by Crippen LogP contribution is 2.15. The summed E-state index contributed by atoms with van der Waals surface area (Å²) in [5.41, 5.74) is 3.23. The molecule has 2 aromatic carbocycles. The highest BCUT2D eigenvalue weighted by Gasteiger charge is 2.13. The average molecular weight is 367 g/mol. The molecule has 1 aromatic heterocycles. The van der Waals surface area contributed by atoms with Crippen molar-refractivity contribution in [2.45, 2.75) is 13.5 Å². The standard InChI is InChI=1S/C20H21N3O2S/c1-14-7-8-15-12-16(19(25)22-18(15)11-14)13-23(9-10-24)20(26)21-17-5-3-2-4-6-17/h2-8,11-12,24H,9-10,13H2,1H3,(H,21,26)(H,22,25). The number of thiocarbonyl (C=S) groups is 1. The summed E-state index contributed by atoms with van der Waals surface area (Å²) in [7, 11) is 0. The Balaban J connectivity index is 1.84. The van der Waals surface area contributed by atoms with E-state index < -0.39 is 0 Å². The van der Waals surface area contributed by atoms with Crippen LogP contribution in [0.5, 0.6) is 0 Å². The fourth-order valence-corrected chi connectivity index (χ4v) is 3.05. The largest absolute Gasteiger partial charge is 0.395 e. The Bertz CT molecular complexity index is 970. The Morgan fingerprint density at radius 3 is 2.69 bits per heavy atom. The molecule has 3 rings (SSSR count). The molecule has 0 aliphatic carbocycles. The number of H-pyrrole nitrogens is 1. The number of benzene rings is 2. The first-order chi connectivity index (χ1) is 12.6. The maximum atomic E-state index is 12.5. The van der Waals surface area contributed by atoms with Crippen LogP contribution in [0.4, 0.5) is 5.69 Å². The fourth-order valence-electron chi connectivity index (χ4n) is 2.78. The Morgan fingerprint density at radius 2 is 1.96 bits per heavy atom. The van der Waals surface area contributed by atoms with Crippen LogP contribution >= 0.6 is 12.2 Å². The lowest BCUT2D eigenvalue weighted by atomic mass is 10.1.